The second kappa shape index (κ2) is 4.56. The van der Waals surface area contributed by atoms with E-state index in [4.69, 9.17) is 0 Å². The fraction of sp³-hybridized carbons (Fsp3) is 0.167. The Labute approximate surface area is 102 Å². The molecule has 18 heavy (non-hydrogen) atoms. The molecule has 0 aliphatic rings. The van der Waals surface area contributed by atoms with Crippen LogP contribution < -0.4 is 5.32 Å². The lowest BCUT2D eigenvalue weighted by Crippen LogP contribution is -2.13. The van der Waals surface area contributed by atoms with E-state index in [-0.39, 0.29) is 5.56 Å². The number of hydrogen-bond acceptors (Lipinski definition) is 2. The molecule has 1 amide bonds. The van der Waals surface area contributed by atoms with Gasteiger partial charge < -0.3 is 5.32 Å². The molecular weight excluding hydrogens is 240 g/mol. The maximum atomic E-state index is 13.0. The van der Waals surface area contributed by atoms with Crippen molar-refractivity contribution in [2.45, 2.75) is 13.8 Å². The van der Waals surface area contributed by atoms with Gasteiger partial charge in [0.05, 0.1) is 0 Å². The van der Waals surface area contributed by atoms with Crippen LogP contribution in [0, 0.1) is 25.5 Å². The highest BCUT2D eigenvalue weighted by atomic mass is 19.1. The van der Waals surface area contributed by atoms with Gasteiger partial charge in [0.15, 0.2) is 5.82 Å². The number of aryl methyl sites for hydroxylation is 1. The molecule has 0 unspecified atom stereocenters. The minimum Gasteiger partial charge on any atom is -0.305 e. The van der Waals surface area contributed by atoms with Gasteiger partial charge in [-0.15, -0.1) is 0 Å². The van der Waals surface area contributed by atoms with E-state index >= 15 is 0 Å². The van der Waals surface area contributed by atoms with Gasteiger partial charge in [0.2, 0.25) is 0 Å². The predicted octanol–water partition coefficient (Wildman–Crippen LogP) is 2.56. The summed E-state index contributed by atoms with van der Waals surface area (Å²) >= 11 is 0. The van der Waals surface area contributed by atoms with E-state index in [1.807, 2.05) is 0 Å². The molecule has 2 N–H and O–H groups in total. The second-order valence-corrected chi connectivity index (χ2v) is 3.93. The number of rotatable bonds is 2. The smallest absolute Gasteiger partial charge is 0.257 e. The van der Waals surface area contributed by atoms with Crippen LogP contribution in [0.1, 0.15) is 21.6 Å². The van der Waals surface area contributed by atoms with Crippen LogP contribution in [0.3, 0.4) is 0 Å². The lowest BCUT2D eigenvalue weighted by molar-refractivity contribution is 0.102. The molecule has 0 saturated carbocycles. The Hall–Kier alpha value is -2.24. The zero-order valence-corrected chi connectivity index (χ0v) is 9.84. The third-order valence-corrected chi connectivity index (χ3v) is 2.61. The van der Waals surface area contributed by atoms with E-state index in [1.165, 1.54) is 0 Å². The second-order valence-electron chi connectivity index (χ2n) is 3.93. The molecule has 0 spiro atoms. The first kappa shape index (κ1) is 12.2. The number of anilines is 1. The first-order chi connectivity index (χ1) is 8.47. The van der Waals surface area contributed by atoms with Crippen LogP contribution in [0.2, 0.25) is 0 Å². The number of halogens is 2. The van der Waals surface area contributed by atoms with E-state index in [0.717, 1.165) is 23.4 Å². The van der Waals surface area contributed by atoms with Crippen LogP contribution in [-0.2, 0) is 0 Å². The Kier molecular flexibility index (Phi) is 3.10. The van der Waals surface area contributed by atoms with Crippen molar-refractivity contribution >= 4 is 11.7 Å². The largest absolute Gasteiger partial charge is 0.305 e. The van der Waals surface area contributed by atoms with E-state index in [9.17, 15) is 13.6 Å². The monoisotopic (exact) mass is 251 g/mol. The molecule has 4 nitrogen and oxygen atoms in total. The molecule has 0 fully saturated rings. The Bertz CT molecular complexity index is 587. The summed E-state index contributed by atoms with van der Waals surface area (Å²) in [6.45, 7) is 3.58. The van der Waals surface area contributed by atoms with E-state index in [0.29, 0.717) is 11.9 Å². The fourth-order valence-corrected chi connectivity index (χ4v) is 1.47. The summed E-state index contributed by atoms with van der Waals surface area (Å²) in [5.41, 5.74) is 1.50. The number of amides is 1. The van der Waals surface area contributed by atoms with Crippen LogP contribution in [0.5, 0.6) is 0 Å². The molecule has 0 bridgehead atoms. The average molecular weight is 251 g/mol. The fourth-order valence-electron chi connectivity index (χ4n) is 1.47. The highest BCUT2D eigenvalue weighted by molar-refractivity contribution is 6.04. The summed E-state index contributed by atoms with van der Waals surface area (Å²) in [5.74, 6) is -1.85. The van der Waals surface area contributed by atoms with Gasteiger partial charge in [0.1, 0.15) is 11.6 Å². The molecule has 2 rings (SSSR count). The molecule has 6 heteroatoms. The van der Waals surface area contributed by atoms with Crippen LogP contribution in [-0.4, -0.2) is 16.1 Å². The predicted molar refractivity (Wildman–Crippen MR) is 62.4 cm³/mol. The zero-order valence-electron chi connectivity index (χ0n) is 9.84. The third kappa shape index (κ3) is 2.37. The number of carbonyl (C=O) groups excluding carboxylic acids is 1. The van der Waals surface area contributed by atoms with Crippen LogP contribution in [0.4, 0.5) is 14.6 Å². The lowest BCUT2D eigenvalue weighted by atomic mass is 10.2. The van der Waals surface area contributed by atoms with Gasteiger partial charge in [-0.2, -0.15) is 5.10 Å². The van der Waals surface area contributed by atoms with Gasteiger partial charge in [-0.05, 0) is 26.0 Å². The van der Waals surface area contributed by atoms with Crippen molar-refractivity contribution in [2.75, 3.05) is 5.32 Å². The Morgan fingerprint density at radius 2 is 1.83 bits per heavy atom. The average Bonchev–Trinajstić information content (AvgIpc) is 2.59. The van der Waals surface area contributed by atoms with Gasteiger partial charge in [0.25, 0.3) is 5.91 Å². The van der Waals surface area contributed by atoms with Crippen LogP contribution in [0.15, 0.2) is 18.2 Å². The summed E-state index contributed by atoms with van der Waals surface area (Å²) in [4.78, 5) is 11.8. The van der Waals surface area contributed by atoms with Crippen LogP contribution >= 0.6 is 0 Å². The number of carbonyl (C=O) groups is 1. The third-order valence-electron chi connectivity index (χ3n) is 2.61. The van der Waals surface area contributed by atoms with Crippen molar-refractivity contribution in [2.24, 2.45) is 0 Å². The number of aromatic amines is 1. The number of aromatic nitrogens is 2. The summed E-state index contributed by atoms with van der Waals surface area (Å²) in [6.07, 6.45) is 0. The van der Waals surface area contributed by atoms with Crippen molar-refractivity contribution in [1.82, 2.24) is 10.2 Å². The number of nitrogens with zero attached hydrogens (tertiary/aromatic N) is 1. The normalized spacial score (nSPS) is 10.4. The molecule has 0 aliphatic heterocycles. The highest BCUT2D eigenvalue weighted by Crippen LogP contribution is 2.16. The maximum Gasteiger partial charge on any atom is 0.257 e. The van der Waals surface area contributed by atoms with E-state index in [2.05, 4.69) is 15.5 Å². The van der Waals surface area contributed by atoms with Crippen molar-refractivity contribution in [3.8, 4) is 0 Å². The van der Waals surface area contributed by atoms with Crippen molar-refractivity contribution < 1.29 is 13.6 Å². The summed E-state index contributed by atoms with van der Waals surface area (Å²) in [6, 6.07) is 2.64. The molecule has 0 radical (unpaired) electrons. The quantitative estimate of drug-likeness (QED) is 0.861. The van der Waals surface area contributed by atoms with Crippen molar-refractivity contribution in [1.29, 1.82) is 0 Å². The standard InChI is InChI=1S/C12H11F2N3O/c1-6-7(2)16-17-11(6)15-12(18)8-3-9(13)5-10(14)4-8/h3-5H,1-2H3,(H2,15,16,17,18). The molecular formula is C12H11F2N3O. The highest BCUT2D eigenvalue weighted by Gasteiger charge is 2.13. The van der Waals surface area contributed by atoms with Gasteiger partial charge >= 0.3 is 0 Å². The molecule has 2 aromatic rings. The number of nitrogens with one attached hydrogen (secondary N) is 2. The summed E-state index contributed by atoms with van der Waals surface area (Å²) in [5, 5.41) is 9.07. The molecule has 0 saturated heterocycles. The van der Waals surface area contributed by atoms with Gasteiger partial charge in [-0.1, -0.05) is 0 Å². The minimum atomic E-state index is -0.796. The molecule has 94 valence electrons. The van der Waals surface area contributed by atoms with Gasteiger partial charge in [-0.25, -0.2) is 8.78 Å². The Morgan fingerprint density at radius 1 is 1.22 bits per heavy atom. The van der Waals surface area contributed by atoms with Gasteiger partial charge in [-0.3, -0.25) is 9.89 Å². The number of H-pyrrole nitrogens is 1. The lowest BCUT2D eigenvalue weighted by Gasteiger charge is -2.03. The minimum absolute atomic E-state index is 0.0902. The Morgan fingerprint density at radius 3 is 2.33 bits per heavy atom. The zero-order chi connectivity index (χ0) is 13.3. The molecule has 0 atom stereocenters. The molecule has 1 aromatic heterocycles. The van der Waals surface area contributed by atoms with Crippen LogP contribution in [0.25, 0.3) is 0 Å². The molecule has 0 aliphatic carbocycles. The van der Waals surface area contributed by atoms with Crippen molar-refractivity contribution in [3.63, 3.8) is 0 Å². The first-order valence-corrected chi connectivity index (χ1v) is 5.26. The summed E-state index contributed by atoms with van der Waals surface area (Å²) < 4.78 is 25.9. The van der Waals surface area contributed by atoms with Crippen molar-refractivity contribution in [3.05, 3.63) is 46.7 Å². The van der Waals surface area contributed by atoms with E-state index in [1.54, 1.807) is 13.8 Å². The Balaban J connectivity index is 2.24. The van der Waals surface area contributed by atoms with Gasteiger partial charge in [0, 0.05) is 22.9 Å². The molecule has 1 aromatic carbocycles. The first-order valence-electron chi connectivity index (χ1n) is 5.26. The summed E-state index contributed by atoms with van der Waals surface area (Å²) in [7, 11) is 0. The van der Waals surface area contributed by atoms with E-state index < -0.39 is 17.5 Å². The SMILES string of the molecule is Cc1[nH]nc(NC(=O)c2cc(F)cc(F)c2)c1C. The topological polar surface area (TPSA) is 57.8 Å². The number of benzene rings is 1. The maximum absolute atomic E-state index is 13.0. The molecule has 1 heterocycles. The number of hydrogen-bond donors (Lipinski definition) is 2.